The van der Waals surface area contributed by atoms with Crippen LogP contribution in [0.25, 0.3) is 6.08 Å². The second kappa shape index (κ2) is 2.73. The SMILES string of the molecule is CC1=Cc2ccc(O)cc2CC1=O. The lowest BCUT2D eigenvalue weighted by Crippen LogP contribution is -2.09. The van der Waals surface area contributed by atoms with Gasteiger partial charge in [-0.15, -0.1) is 0 Å². The number of ketones is 1. The predicted molar refractivity (Wildman–Crippen MR) is 50.5 cm³/mol. The van der Waals surface area contributed by atoms with Gasteiger partial charge in [-0.05, 0) is 41.8 Å². The van der Waals surface area contributed by atoms with Crippen molar-refractivity contribution in [1.82, 2.24) is 0 Å². The van der Waals surface area contributed by atoms with E-state index in [2.05, 4.69) is 0 Å². The van der Waals surface area contributed by atoms with Gasteiger partial charge >= 0.3 is 0 Å². The summed E-state index contributed by atoms with van der Waals surface area (Å²) < 4.78 is 0. The van der Waals surface area contributed by atoms with E-state index in [1.165, 1.54) is 0 Å². The largest absolute Gasteiger partial charge is 0.508 e. The molecule has 0 radical (unpaired) electrons. The second-order valence-corrected chi connectivity index (χ2v) is 3.31. The van der Waals surface area contributed by atoms with Gasteiger partial charge in [-0.25, -0.2) is 0 Å². The fourth-order valence-electron chi connectivity index (χ4n) is 1.51. The fourth-order valence-corrected chi connectivity index (χ4v) is 1.51. The Labute approximate surface area is 76.5 Å². The van der Waals surface area contributed by atoms with Crippen molar-refractivity contribution in [3.8, 4) is 5.75 Å². The Morgan fingerprint density at radius 1 is 1.38 bits per heavy atom. The molecular weight excluding hydrogens is 164 g/mol. The van der Waals surface area contributed by atoms with Gasteiger partial charge in [0.1, 0.15) is 5.75 Å². The normalized spacial score (nSPS) is 15.2. The lowest BCUT2D eigenvalue weighted by molar-refractivity contribution is -0.114. The van der Waals surface area contributed by atoms with Gasteiger partial charge in [-0.1, -0.05) is 6.07 Å². The third-order valence-electron chi connectivity index (χ3n) is 2.29. The molecule has 13 heavy (non-hydrogen) atoms. The highest BCUT2D eigenvalue weighted by Crippen LogP contribution is 2.24. The number of aromatic hydroxyl groups is 1. The van der Waals surface area contributed by atoms with Crippen LogP contribution >= 0.6 is 0 Å². The molecule has 2 rings (SSSR count). The summed E-state index contributed by atoms with van der Waals surface area (Å²) in [5.41, 5.74) is 2.74. The molecule has 66 valence electrons. The Hall–Kier alpha value is -1.57. The number of rotatable bonds is 0. The minimum absolute atomic E-state index is 0.137. The third-order valence-corrected chi connectivity index (χ3v) is 2.29. The van der Waals surface area contributed by atoms with Gasteiger partial charge in [0.05, 0.1) is 0 Å². The van der Waals surface area contributed by atoms with Crippen LogP contribution < -0.4 is 0 Å². The summed E-state index contributed by atoms with van der Waals surface area (Å²) in [6, 6.07) is 5.12. The number of carbonyl (C=O) groups is 1. The molecule has 0 fully saturated rings. The van der Waals surface area contributed by atoms with E-state index in [-0.39, 0.29) is 11.5 Å². The highest BCUT2D eigenvalue weighted by Gasteiger charge is 2.14. The van der Waals surface area contributed by atoms with Gasteiger partial charge < -0.3 is 5.11 Å². The van der Waals surface area contributed by atoms with Crippen molar-refractivity contribution >= 4 is 11.9 Å². The minimum atomic E-state index is 0.137. The van der Waals surface area contributed by atoms with Crippen molar-refractivity contribution in [3.63, 3.8) is 0 Å². The molecule has 0 aliphatic heterocycles. The number of phenols is 1. The van der Waals surface area contributed by atoms with Crippen molar-refractivity contribution in [2.75, 3.05) is 0 Å². The molecule has 0 unspecified atom stereocenters. The number of hydrogen-bond acceptors (Lipinski definition) is 2. The maximum Gasteiger partial charge on any atom is 0.162 e. The molecule has 1 N–H and O–H groups in total. The highest BCUT2D eigenvalue weighted by atomic mass is 16.3. The van der Waals surface area contributed by atoms with Crippen LogP contribution in [0, 0.1) is 0 Å². The number of carbonyl (C=O) groups excluding carboxylic acids is 1. The maximum absolute atomic E-state index is 11.3. The molecule has 2 nitrogen and oxygen atoms in total. The van der Waals surface area contributed by atoms with E-state index < -0.39 is 0 Å². The Morgan fingerprint density at radius 3 is 2.92 bits per heavy atom. The number of phenolic OH excluding ortho intramolecular Hbond substituents is 1. The van der Waals surface area contributed by atoms with E-state index in [9.17, 15) is 9.90 Å². The fraction of sp³-hybridized carbons (Fsp3) is 0.182. The molecule has 1 aromatic carbocycles. The van der Waals surface area contributed by atoms with Crippen LogP contribution in [0.5, 0.6) is 5.75 Å². The van der Waals surface area contributed by atoms with Crippen molar-refractivity contribution in [2.45, 2.75) is 13.3 Å². The maximum atomic E-state index is 11.3. The van der Waals surface area contributed by atoms with Crippen molar-refractivity contribution < 1.29 is 9.90 Å². The quantitative estimate of drug-likeness (QED) is 0.652. The summed E-state index contributed by atoms with van der Waals surface area (Å²) in [5, 5.41) is 9.21. The third kappa shape index (κ3) is 1.35. The first-order chi connectivity index (χ1) is 6.16. The first-order valence-electron chi connectivity index (χ1n) is 4.20. The summed E-state index contributed by atoms with van der Waals surface area (Å²) in [5.74, 6) is 0.359. The predicted octanol–water partition coefficient (Wildman–Crippen LogP) is 1.92. The van der Waals surface area contributed by atoms with Gasteiger partial charge in [-0.3, -0.25) is 4.79 Å². The average molecular weight is 174 g/mol. The number of allylic oxidation sites excluding steroid dienone is 1. The van der Waals surface area contributed by atoms with Crippen LogP contribution in [0.4, 0.5) is 0 Å². The molecule has 0 atom stereocenters. The molecule has 0 aromatic heterocycles. The summed E-state index contributed by atoms with van der Waals surface area (Å²) >= 11 is 0. The highest BCUT2D eigenvalue weighted by molar-refractivity contribution is 6.03. The van der Waals surface area contributed by atoms with Crippen molar-refractivity contribution in [1.29, 1.82) is 0 Å². The topological polar surface area (TPSA) is 37.3 Å². The van der Waals surface area contributed by atoms with E-state index in [1.807, 2.05) is 19.1 Å². The summed E-state index contributed by atoms with van der Waals surface area (Å²) in [7, 11) is 0. The number of hydrogen-bond donors (Lipinski definition) is 1. The molecular formula is C11H10O2. The standard InChI is InChI=1S/C11H10O2/c1-7-4-8-2-3-10(12)5-9(8)6-11(7)13/h2-5,12H,6H2,1H3. The number of benzene rings is 1. The first-order valence-corrected chi connectivity index (χ1v) is 4.20. The molecule has 1 aliphatic carbocycles. The summed E-state index contributed by atoms with van der Waals surface area (Å²) in [4.78, 5) is 11.3. The minimum Gasteiger partial charge on any atom is -0.508 e. The zero-order valence-corrected chi connectivity index (χ0v) is 7.37. The van der Waals surface area contributed by atoms with Gasteiger partial charge in [0.2, 0.25) is 0 Å². The zero-order chi connectivity index (χ0) is 9.42. The van der Waals surface area contributed by atoms with E-state index in [4.69, 9.17) is 0 Å². The van der Waals surface area contributed by atoms with Crippen molar-refractivity contribution in [3.05, 3.63) is 34.9 Å². The van der Waals surface area contributed by atoms with Gasteiger partial charge in [0.15, 0.2) is 5.78 Å². The van der Waals surface area contributed by atoms with Crippen LogP contribution in [-0.4, -0.2) is 10.9 Å². The lowest BCUT2D eigenvalue weighted by Gasteiger charge is -2.12. The van der Waals surface area contributed by atoms with E-state index in [1.54, 1.807) is 12.1 Å². The van der Waals surface area contributed by atoms with Gasteiger partial charge in [0, 0.05) is 6.42 Å². The molecule has 1 aliphatic rings. The molecule has 0 amide bonds. The molecule has 2 heteroatoms. The van der Waals surface area contributed by atoms with E-state index >= 15 is 0 Å². The van der Waals surface area contributed by atoms with Crippen LogP contribution in [0.2, 0.25) is 0 Å². The molecule has 0 bridgehead atoms. The molecule has 0 spiro atoms. The van der Waals surface area contributed by atoms with Crippen LogP contribution in [0.3, 0.4) is 0 Å². The monoisotopic (exact) mass is 174 g/mol. The van der Waals surface area contributed by atoms with E-state index in [0.29, 0.717) is 6.42 Å². The van der Waals surface area contributed by atoms with Crippen LogP contribution in [-0.2, 0) is 11.2 Å². The molecule has 0 saturated heterocycles. The van der Waals surface area contributed by atoms with E-state index in [0.717, 1.165) is 16.7 Å². The van der Waals surface area contributed by atoms with Crippen LogP contribution in [0.15, 0.2) is 23.8 Å². The van der Waals surface area contributed by atoms with Gasteiger partial charge in [0.25, 0.3) is 0 Å². The first kappa shape index (κ1) is 8.05. The zero-order valence-electron chi connectivity index (χ0n) is 7.37. The average Bonchev–Trinajstić information content (AvgIpc) is 2.08. The second-order valence-electron chi connectivity index (χ2n) is 3.31. The summed E-state index contributed by atoms with van der Waals surface area (Å²) in [6.07, 6.45) is 2.27. The van der Waals surface area contributed by atoms with Crippen LogP contribution in [0.1, 0.15) is 18.1 Å². The Morgan fingerprint density at radius 2 is 2.15 bits per heavy atom. The molecule has 0 heterocycles. The van der Waals surface area contributed by atoms with Crippen molar-refractivity contribution in [2.24, 2.45) is 0 Å². The number of fused-ring (bicyclic) bond motifs is 1. The lowest BCUT2D eigenvalue weighted by atomic mass is 9.92. The Bertz CT molecular complexity index is 403. The summed E-state index contributed by atoms with van der Waals surface area (Å²) in [6.45, 7) is 1.82. The Kier molecular flexibility index (Phi) is 1.69. The molecule has 1 aromatic rings. The smallest absolute Gasteiger partial charge is 0.162 e. The molecule has 0 saturated carbocycles. The van der Waals surface area contributed by atoms with Gasteiger partial charge in [-0.2, -0.15) is 0 Å². The Balaban J connectivity index is 2.56. The number of Topliss-reactive ketones (excluding diaryl/α,β-unsaturated/α-hetero) is 1.